The number of benzene rings is 1. The van der Waals surface area contributed by atoms with Crippen LogP contribution in [-0.2, 0) is 14.3 Å². The molecule has 0 saturated heterocycles. The lowest BCUT2D eigenvalue weighted by molar-refractivity contribution is -0.130. The molecule has 1 aromatic carbocycles. The van der Waals surface area contributed by atoms with Gasteiger partial charge in [-0.2, -0.15) is 0 Å². The normalized spacial score (nSPS) is 10.0. The predicted molar refractivity (Wildman–Crippen MR) is 85.6 cm³/mol. The molecule has 0 radical (unpaired) electrons. The van der Waals surface area contributed by atoms with E-state index in [9.17, 15) is 9.59 Å². The Hall–Kier alpha value is -2.28. The molecule has 1 rings (SSSR count). The van der Waals surface area contributed by atoms with Crippen molar-refractivity contribution in [1.82, 2.24) is 10.2 Å². The first-order chi connectivity index (χ1) is 11.1. The number of carbonyl (C=O) groups is 2. The highest BCUT2D eigenvalue weighted by molar-refractivity contribution is 5.77. The lowest BCUT2D eigenvalue weighted by atomic mass is 10.3. The van der Waals surface area contributed by atoms with Gasteiger partial charge in [-0.3, -0.25) is 9.59 Å². The Kier molecular flexibility index (Phi) is 8.52. The van der Waals surface area contributed by atoms with Crippen molar-refractivity contribution in [2.75, 3.05) is 47.1 Å². The van der Waals surface area contributed by atoms with Crippen molar-refractivity contribution in [3.63, 3.8) is 0 Å². The highest BCUT2D eigenvalue weighted by atomic mass is 16.5. The van der Waals surface area contributed by atoms with E-state index in [0.29, 0.717) is 37.7 Å². The van der Waals surface area contributed by atoms with Crippen LogP contribution in [0.1, 0.15) is 6.92 Å². The highest BCUT2D eigenvalue weighted by Crippen LogP contribution is 2.25. The SMILES string of the molecule is COCCN(CCNC(=O)COc1ccccc1OC)C(C)=O. The average molecular weight is 324 g/mol. The largest absolute Gasteiger partial charge is 0.493 e. The zero-order valence-corrected chi connectivity index (χ0v) is 13.8. The first-order valence-corrected chi connectivity index (χ1v) is 7.35. The second-order valence-electron chi connectivity index (χ2n) is 4.79. The van der Waals surface area contributed by atoms with Gasteiger partial charge in [0.05, 0.1) is 13.7 Å². The maximum Gasteiger partial charge on any atom is 0.258 e. The van der Waals surface area contributed by atoms with Gasteiger partial charge in [0.2, 0.25) is 5.91 Å². The number of carbonyl (C=O) groups excluding carboxylic acids is 2. The summed E-state index contributed by atoms with van der Waals surface area (Å²) in [5.41, 5.74) is 0. The third kappa shape index (κ3) is 7.01. The molecule has 23 heavy (non-hydrogen) atoms. The molecule has 0 fully saturated rings. The van der Waals surface area contributed by atoms with Gasteiger partial charge < -0.3 is 24.4 Å². The minimum absolute atomic E-state index is 0.0541. The highest BCUT2D eigenvalue weighted by Gasteiger charge is 2.10. The Bertz CT molecular complexity index is 507. The molecule has 7 heteroatoms. The van der Waals surface area contributed by atoms with Crippen LogP contribution in [0, 0.1) is 0 Å². The Morgan fingerprint density at radius 1 is 1.13 bits per heavy atom. The summed E-state index contributed by atoms with van der Waals surface area (Å²) in [6, 6.07) is 7.11. The minimum atomic E-state index is -0.258. The fourth-order valence-electron chi connectivity index (χ4n) is 1.89. The van der Waals surface area contributed by atoms with Crippen LogP contribution in [0.2, 0.25) is 0 Å². The van der Waals surface area contributed by atoms with E-state index in [0.717, 1.165) is 0 Å². The number of amides is 2. The van der Waals surface area contributed by atoms with Gasteiger partial charge in [0.1, 0.15) is 0 Å². The number of methoxy groups -OCH3 is 2. The number of para-hydroxylation sites is 2. The number of ether oxygens (including phenoxy) is 3. The Labute approximate surface area is 136 Å². The minimum Gasteiger partial charge on any atom is -0.493 e. The van der Waals surface area contributed by atoms with Gasteiger partial charge in [-0.15, -0.1) is 0 Å². The van der Waals surface area contributed by atoms with Crippen molar-refractivity contribution in [3.8, 4) is 11.5 Å². The number of rotatable bonds is 10. The zero-order chi connectivity index (χ0) is 17.1. The van der Waals surface area contributed by atoms with Gasteiger partial charge in [-0.05, 0) is 12.1 Å². The fourth-order valence-corrected chi connectivity index (χ4v) is 1.89. The monoisotopic (exact) mass is 324 g/mol. The summed E-state index contributed by atoms with van der Waals surface area (Å²) in [5.74, 6) is 0.769. The van der Waals surface area contributed by atoms with E-state index in [2.05, 4.69) is 5.32 Å². The van der Waals surface area contributed by atoms with Crippen LogP contribution < -0.4 is 14.8 Å². The van der Waals surface area contributed by atoms with E-state index < -0.39 is 0 Å². The number of hydrogen-bond acceptors (Lipinski definition) is 5. The summed E-state index contributed by atoms with van der Waals surface area (Å²) >= 11 is 0. The van der Waals surface area contributed by atoms with E-state index in [4.69, 9.17) is 14.2 Å². The van der Waals surface area contributed by atoms with Crippen molar-refractivity contribution >= 4 is 11.8 Å². The summed E-state index contributed by atoms with van der Waals surface area (Å²) in [6.07, 6.45) is 0. The molecule has 7 nitrogen and oxygen atoms in total. The lowest BCUT2D eigenvalue weighted by Gasteiger charge is -2.20. The van der Waals surface area contributed by atoms with Crippen LogP contribution >= 0.6 is 0 Å². The third-order valence-corrected chi connectivity index (χ3v) is 3.14. The third-order valence-electron chi connectivity index (χ3n) is 3.14. The topological polar surface area (TPSA) is 77.1 Å². The van der Waals surface area contributed by atoms with Crippen LogP contribution in [0.4, 0.5) is 0 Å². The van der Waals surface area contributed by atoms with Gasteiger partial charge in [0.15, 0.2) is 18.1 Å². The van der Waals surface area contributed by atoms with Crippen LogP contribution in [0.5, 0.6) is 11.5 Å². The first-order valence-electron chi connectivity index (χ1n) is 7.35. The molecule has 0 aliphatic heterocycles. The van der Waals surface area contributed by atoms with Crippen molar-refractivity contribution in [1.29, 1.82) is 0 Å². The van der Waals surface area contributed by atoms with Crippen LogP contribution in [0.15, 0.2) is 24.3 Å². The second-order valence-corrected chi connectivity index (χ2v) is 4.79. The summed E-state index contributed by atoms with van der Waals surface area (Å²) in [7, 11) is 3.12. The Morgan fingerprint density at radius 3 is 2.43 bits per heavy atom. The molecule has 0 aromatic heterocycles. The predicted octanol–water partition coefficient (Wildman–Crippen LogP) is 0.685. The molecule has 1 aromatic rings. The molecular formula is C16H24N2O5. The molecule has 1 N–H and O–H groups in total. The van der Waals surface area contributed by atoms with E-state index in [1.165, 1.54) is 6.92 Å². The second kappa shape index (κ2) is 10.4. The Morgan fingerprint density at radius 2 is 1.83 bits per heavy atom. The number of hydrogen-bond donors (Lipinski definition) is 1. The van der Waals surface area contributed by atoms with Gasteiger partial charge in [0.25, 0.3) is 5.91 Å². The molecule has 0 spiro atoms. The first kappa shape index (κ1) is 18.8. The van der Waals surface area contributed by atoms with E-state index in [1.807, 2.05) is 6.07 Å². The Balaban J connectivity index is 2.32. The molecule has 0 aliphatic carbocycles. The number of nitrogens with zero attached hydrogens (tertiary/aromatic N) is 1. The van der Waals surface area contributed by atoms with Crippen molar-refractivity contribution in [2.24, 2.45) is 0 Å². The molecule has 0 bridgehead atoms. The van der Waals surface area contributed by atoms with Crippen LogP contribution in [0.3, 0.4) is 0 Å². The van der Waals surface area contributed by atoms with E-state index >= 15 is 0 Å². The molecule has 0 unspecified atom stereocenters. The molecule has 0 atom stereocenters. The summed E-state index contributed by atoms with van der Waals surface area (Å²) in [4.78, 5) is 24.8. The molecule has 0 heterocycles. The maximum atomic E-state index is 11.8. The summed E-state index contributed by atoms with van der Waals surface area (Å²) in [6.45, 7) is 3.13. The fraction of sp³-hybridized carbons (Fsp3) is 0.500. The number of nitrogens with one attached hydrogen (secondary N) is 1. The molecule has 128 valence electrons. The average Bonchev–Trinajstić information content (AvgIpc) is 2.55. The zero-order valence-electron chi connectivity index (χ0n) is 13.8. The maximum absolute atomic E-state index is 11.8. The van der Waals surface area contributed by atoms with Crippen molar-refractivity contribution in [3.05, 3.63) is 24.3 Å². The van der Waals surface area contributed by atoms with E-state index in [1.54, 1.807) is 37.3 Å². The molecular weight excluding hydrogens is 300 g/mol. The molecule has 0 aliphatic rings. The standard InChI is InChI=1S/C16H24N2O5/c1-13(19)18(10-11-21-2)9-8-17-16(20)12-23-15-7-5-4-6-14(15)22-3/h4-7H,8-12H2,1-3H3,(H,17,20). The van der Waals surface area contributed by atoms with Gasteiger partial charge in [-0.25, -0.2) is 0 Å². The van der Waals surface area contributed by atoms with Crippen LogP contribution in [-0.4, -0.2) is 63.8 Å². The van der Waals surface area contributed by atoms with E-state index in [-0.39, 0.29) is 18.4 Å². The van der Waals surface area contributed by atoms with Gasteiger partial charge in [0, 0.05) is 33.7 Å². The molecule has 0 saturated carbocycles. The van der Waals surface area contributed by atoms with Gasteiger partial charge in [-0.1, -0.05) is 12.1 Å². The lowest BCUT2D eigenvalue weighted by Crippen LogP contribution is -2.40. The smallest absolute Gasteiger partial charge is 0.258 e. The molecule has 2 amide bonds. The van der Waals surface area contributed by atoms with Gasteiger partial charge >= 0.3 is 0 Å². The summed E-state index contributed by atoms with van der Waals surface area (Å²) in [5, 5.41) is 2.71. The quantitative estimate of drug-likeness (QED) is 0.685. The van der Waals surface area contributed by atoms with Crippen molar-refractivity contribution in [2.45, 2.75) is 6.92 Å². The summed E-state index contributed by atoms with van der Waals surface area (Å²) < 4.78 is 15.5. The van der Waals surface area contributed by atoms with Crippen molar-refractivity contribution < 1.29 is 23.8 Å². The van der Waals surface area contributed by atoms with Crippen LogP contribution in [0.25, 0.3) is 0 Å².